The van der Waals surface area contributed by atoms with E-state index in [0.717, 1.165) is 24.6 Å². The SMILES string of the molecule is O=C(c1cccnc1)N1C[C@H]2CCN(CC3CC3)C[C@H]2C1. The van der Waals surface area contributed by atoms with Crippen molar-refractivity contribution in [2.45, 2.75) is 19.3 Å². The summed E-state index contributed by atoms with van der Waals surface area (Å²) in [5, 5.41) is 0. The molecule has 3 aliphatic rings. The maximum atomic E-state index is 12.5. The van der Waals surface area contributed by atoms with E-state index in [9.17, 15) is 4.79 Å². The second-order valence-corrected chi connectivity index (χ2v) is 6.96. The predicted octanol–water partition coefficient (Wildman–Crippen LogP) is 1.89. The van der Waals surface area contributed by atoms with Gasteiger partial charge in [0, 0.05) is 38.6 Å². The number of pyridine rings is 1. The quantitative estimate of drug-likeness (QED) is 0.851. The van der Waals surface area contributed by atoms with Gasteiger partial charge in [-0.25, -0.2) is 0 Å². The van der Waals surface area contributed by atoms with Crippen molar-refractivity contribution in [2.75, 3.05) is 32.7 Å². The number of likely N-dealkylation sites (tertiary alicyclic amines) is 2. The first-order valence-electron chi connectivity index (χ1n) is 8.21. The van der Waals surface area contributed by atoms with Crippen LogP contribution in [0.3, 0.4) is 0 Å². The monoisotopic (exact) mass is 285 g/mol. The molecule has 112 valence electrons. The van der Waals surface area contributed by atoms with Crippen molar-refractivity contribution in [1.82, 2.24) is 14.8 Å². The van der Waals surface area contributed by atoms with Crippen molar-refractivity contribution in [1.29, 1.82) is 0 Å². The maximum absolute atomic E-state index is 12.5. The van der Waals surface area contributed by atoms with Crippen LogP contribution in [0.5, 0.6) is 0 Å². The van der Waals surface area contributed by atoms with Crippen LogP contribution in [-0.2, 0) is 0 Å². The highest BCUT2D eigenvalue weighted by Crippen LogP contribution is 2.35. The lowest BCUT2D eigenvalue weighted by Crippen LogP contribution is -2.40. The highest BCUT2D eigenvalue weighted by atomic mass is 16.2. The Hall–Kier alpha value is -1.42. The van der Waals surface area contributed by atoms with E-state index in [1.807, 2.05) is 17.0 Å². The minimum atomic E-state index is 0.159. The van der Waals surface area contributed by atoms with Crippen molar-refractivity contribution in [2.24, 2.45) is 17.8 Å². The van der Waals surface area contributed by atoms with Crippen LogP contribution in [0.4, 0.5) is 0 Å². The second-order valence-electron chi connectivity index (χ2n) is 6.96. The summed E-state index contributed by atoms with van der Waals surface area (Å²) >= 11 is 0. The third-order valence-electron chi connectivity index (χ3n) is 5.29. The van der Waals surface area contributed by atoms with Crippen LogP contribution >= 0.6 is 0 Å². The number of rotatable bonds is 3. The number of hydrogen-bond donors (Lipinski definition) is 0. The molecule has 0 N–H and O–H groups in total. The zero-order chi connectivity index (χ0) is 14.2. The minimum Gasteiger partial charge on any atom is -0.338 e. The number of carbonyl (C=O) groups is 1. The van der Waals surface area contributed by atoms with Gasteiger partial charge in [0.05, 0.1) is 5.56 Å². The fraction of sp³-hybridized carbons (Fsp3) is 0.647. The number of hydrogen-bond acceptors (Lipinski definition) is 3. The maximum Gasteiger partial charge on any atom is 0.255 e. The molecule has 1 saturated carbocycles. The molecular weight excluding hydrogens is 262 g/mol. The molecule has 3 heterocycles. The van der Waals surface area contributed by atoms with E-state index in [2.05, 4.69) is 9.88 Å². The first-order chi connectivity index (χ1) is 10.3. The molecule has 0 unspecified atom stereocenters. The van der Waals surface area contributed by atoms with Crippen LogP contribution in [0.15, 0.2) is 24.5 Å². The van der Waals surface area contributed by atoms with Gasteiger partial charge in [-0.15, -0.1) is 0 Å². The lowest BCUT2D eigenvalue weighted by Gasteiger charge is -2.34. The fourth-order valence-electron chi connectivity index (χ4n) is 3.91. The molecule has 3 fully saturated rings. The van der Waals surface area contributed by atoms with Gasteiger partial charge in [-0.1, -0.05) is 0 Å². The molecule has 1 amide bonds. The molecule has 1 aromatic rings. The number of carbonyl (C=O) groups excluding carboxylic acids is 1. The average molecular weight is 285 g/mol. The Morgan fingerprint density at radius 1 is 1.19 bits per heavy atom. The van der Waals surface area contributed by atoms with Crippen LogP contribution in [0.25, 0.3) is 0 Å². The van der Waals surface area contributed by atoms with Crippen molar-refractivity contribution < 1.29 is 4.79 Å². The number of nitrogens with zero attached hydrogens (tertiary/aromatic N) is 3. The molecule has 2 aliphatic heterocycles. The van der Waals surface area contributed by atoms with E-state index < -0.39 is 0 Å². The predicted molar refractivity (Wildman–Crippen MR) is 80.9 cm³/mol. The summed E-state index contributed by atoms with van der Waals surface area (Å²) in [5.41, 5.74) is 0.728. The number of fused-ring (bicyclic) bond motifs is 1. The molecule has 0 bridgehead atoms. The van der Waals surface area contributed by atoms with Gasteiger partial charge in [0.2, 0.25) is 0 Å². The first kappa shape index (κ1) is 13.3. The minimum absolute atomic E-state index is 0.159. The first-order valence-corrected chi connectivity index (χ1v) is 8.21. The molecule has 0 radical (unpaired) electrons. The highest BCUT2D eigenvalue weighted by Gasteiger charge is 2.39. The van der Waals surface area contributed by atoms with Crippen molar-refractivity contribution >= 4 is 5.91 Å². The molecule has 1 aliphatic carbocycles. The summed E-state index contributed by atoms with van der Waals surface area (Å²) in [6, 6.07) is 3.71. The summed E-state index contributed by atoms with van der Waals surface area (Å²) in [4.78, 5) is 21.3. The van der Waals surface area contributed by atoms with Gasteiger partial charge in [0.25, 0.3) is 5.91 Å². The van der Waals surface area contributed by atoms with E-state index in [1.54, 1.807) is 12.4 Å². The lowest BCUT2D eigenvalue weighted by molar-refractivity contribution is 0.0783. The largest absolute Gasteiger partial charge is 0.338 e. The van der Waals surface area contributed by atoms with E-state index in [1.165, 1.54) is 38.9 Å². The van der Waals surface area contributed by atoms with Crippen LogP contribution < -0.4 is 0 Å². The molecular formula is C17H23N3O. The Labute approximate surface area is 126 Å². The molecule has 4 nitrogen and oxygen atoms in total. The molecule has 4 heteroatoms. The number of amides is 1. The smallest absolute Gasteiger partial charge is 0.255 e. The van der Waals surface area contributed by atoms with Gasteiger partial charge in [-0.05, 0) is 55.7 Å². The van der Waals surface area contributed by atoms with Crippen LogP contribution in [0.1, 0.15) is 29.6 Å². The highest BCUT2D eigenvalue weighted by molar-refractivity contribution is 5.94. The van der Waals surface area contributed by atoms with Crippen LogP contribution in [0, 0.1) is 17.8 Å². The van der Waals surface area contributed by atoms with Gasteiger partial charge in [0.1, 0.15) is 0 Å². The zero-order valence-corrected chi connectivity index (χ0v) is 12.4. The summed E-state index contributed by atoms with van der Waals surface area (Å²) < 4.78 is 0. The van der Waals surface area contributed by atoms with Gasteiger partial charge in [0.15, 0.2) is 0 Å². The number of aromatic nitrogens is 1. The Morgan fingerprint density at radius 2 is 2.05 bits per heavy atom. The summed E-state index contributed by atoms with van der Waals surface area (Å²) in [7, 11) is 0. The van der Waals surface area contributed by atoms with Crippen molar-refractivity contribution in [3.63, 3.8) is 0 Å². The topological polar surface area (TPSA) is 36.4 Å². The molecule has 21 heavy (non-hydrogen) atoms. The van der Waals surface area contributed by atoms with Gasteiger partial charge < -0.3 is 9.80 Å². The Balaban J connectivity index is 1.39. The van der Waals surface area contributed by atoms with Gasteiger partial charge in [-0.2, -0.15) is 0 Å². The van der Waals surface area contributed by atoms with Crippen molar-refractivity contribution in [3.8, 4) is 0 Å². The number of piperidine rings is 1. The van der Waals surface area contributed by atoms with E-state index in [0.29, 0.717) is 11.8 Å². The molecule has 0 spiro atoms. The fourth-order valence-corrected chi connectivity index (χ4v) is 3.91. The molecule has 2 saturated heterocycles. The Morgan fingerprint density at radius 3 is 2.81 bits per heavy atom. The molecule has 2 atom stereocenters. The molecule has 1 aromatic heterocycles. The molecule has 4 rings (SSSR count). The normalized spacial score (nSPS) is 29.4. The van der Waals surface area contributed by atoms with Crippen LogP contribution in [0.2, 0.25) is 0 Å². The van der Waals surface area contributed by atoms with E-state index >= 15 is 0 Å². The summed E-state index contributed by atoms with van der Waals surface area (Å²) in [6.07, 6.45) is 7.51. The summed E-state index contributed by atoms with van der Waals surface area (Å²) in [5.74, 6) is 2.52. The lowest BCUT2D eigenvalue weighted by atomic mass is 9.88. The van der Waals surface area contributed by atoms with E-state index in [4.69, 9.17) is 0 Å². The standard InChI is InChI=1S/C17H23N3O/c21-17(14-2-1-6-18-8-14)20-11-15-5-7-19(9-13-3-4-13)10-16(15)12-20/h1-2,6,8,13,15-16H,3-5,7,9-12H2/t15-,16+/m1/s1. The Bertz CT molecular complexity index is 514. The Kier molecular flexibility index (Phi) is 3.42. The van der Waals surface area contributed by atoms with Gasteiger partial charge >= 0.3 is 0 Å². The third kappa shape index (κ3) is 2.82. The van der Waals surface area contributed by atoms with Crippen LogP contribution in [-0.4, -0.2) is 53.4 Å². The summed E-state index contributed by atoms with van der Waals surface area (Å²) in [6.45, 7) is 5.58. The zero-order valence-electron chi connectivity index (χ0n) is 12.4. The van der Waals surface area contributed by atoms with E-state index in [-0.39, 0.29) is 5.91 Å². The molecule has 0 aromatic carbocycles. The average Bonchev–Trinajstić information content (AvgIpc) is 3.23. The third-order valence-corrected chi connectivity index (χ3v) is 5.29. The second kappa shape index (κ2) is 5.41. The van der Waals surface area contributed by atoms with Gasteiger partial charge in [-0.3, -0.25) is 9.78 Å². The van der Waals surface area contributed by atoms with Crippen molar-refractivity contribution in [3.05, 3.63) is 30.1 Å².